The van der Waals surface area contributed by atoms with Gasteiger partial charge in [-0.15, -0.1) is 0 Å². The highest BCUT2D eigenvalue weighted by atomic mass is 19.1. The van der Waals surface area contributed by atoms with Gasteiger partial charge >= 0.3 is 0 Å². The van der Waals surface area contributed by atoms with Gasteiger partial charge in [-0.2, -0.15) is 0 Å². The van der Waals surface area contributed by atoms with Crippen LogP contribution in [0.3, 0.4) is 0 Å². The number of rotatable bonds is 2. The molecule has 1 aromatic carbocycles. The lowest BCUT2D eigenvalue weighted by Gasteiger charge is -2.06. The van der Waals surface area contributed by atoms with E-state index in [1.807, 2.05) is 13.8 Å². The molecule has 0 aliphatic rings. The summed E-state index contributed by atoms with van der Waals surface area (Å²) in [7, 11) is 0. The van der Waals surface area contributed by atoms with Crippen molar-refractivity contribution in [1.29, 1.82) is 0 Å². The largest absolute Gasteiger partial charge is 0.207 e. The van der Waals surface area contributed by atoms with E-state index < -0.39 is 0 Å². The summed E-state index contributed by atoms with van der Waals surface area (Å²) in [6.07, 6.45) is 0.909. The highest BCUT2D eigenvalue weighted by molar-refractivity contribution is 5.65. The molecule has 0 spiro atoms. The van der Waals surface area contributed by atoms with Crippen LogP contribution in [0.4, 0.5) is 4.39 Å². The third-order valence-electron chi connectivity index (χ3n) is 2.00. The van der Waals surface area contributed by atoms with Gasteiger partial charge in [0.05, 0.1) is 0 Å². The molecule has 12 heavy (non-hydrogen) atoms. The first-order valence-corrected chi connectivity index (χ1v) is 4.09. The summed E-state index contributed by atoms with van der Waals surface area (Å²) >= 11 is 0. The molecule has 1 aromatic rings. The van der Waals surface area contributed by atoms with Gasteiger partial charge in [-0.1, -0.05) is 19.6 Å². The van der Waals surface area contributed by atoms with Crippen LogP contribution >= 0.6 is 0 Å². The SMILES string of the molecule is C=C(CC)c1ccc(F)cc1C. The van der Waals surface area contributed by atoms with Crippen molar-refractivity contribution in [2.45, 2.75) is 20.3 Å². The molecule has 0 saturated carbocycles. The number of aryl methyl sites for hydroxylation is 1. The predicted octanol–water partition coefficient (Wildman–Crippen LogP) is 3.56. The molecule has 0 aliphatic heterocycles. The summed E-state index contributed by atoms with van der Waals surface area (Å²) in [5.41, 5.74) is 3.09. The molecule has 0 atom stereocenters. The molecule has 0 unspecified atom stereocenters. The first kappa shape index (κ1) is 8.98. The smallest absolute Gasteiger partial charge is 0.123 e. The van der Waals surface area contributed by atoms with E-state index in [0.717, 1.165) is 23.1 Å². The first-order valence-electron chi connectivity index (χ1n) is 4.09. The van der Waals surface area contributed by atoms with Crippen LogP contribution in [0.2, 0.25) is 0 Å². The maximum Gasteiger partial charge on any atom is 0.123 e. The summed E-state index contributed by atoms with van der Waals surface area (Å²) in [6, 6.07) is 4.80. The van der Waals surface area contributed by atoms with Crippen molar-refractivity contribution < 1.29 is 4.39 Å². The number of allylic oxidation sites excluding steroid dienone is 1. The topological polar surface area (TPSA) is 0 Å². The fourth-order valence-corrected chi connectivity index (χ4v) is 1.21. The van der Waals surface area contributed by atoms with Gasteiger partial charge in [0.2, 0.25) is 0 Å². The van der Waals surface area contributed by atoms with Crippen LogP contribution < -0.4 is 0 Å². The Morgan fingerprint density at radius 1 is 1.50 bits per heavy atom. The molecular formula is C11H13F. The average Bonchev–Trinajstić information content (AvgIpc) is 2.03. The van der Waals surface area contributed by atoms with Crippen LogP contribution in [0.1, 0.15) is 24.5 Å². The van der Waals surface area contributed by atoms with Gasteiger partial charge in [0.1, 0.15) is 5.82 Å². The monoisotopic (exact) mass is 164 g/mol. The maximum absolute atomic E-state index is 12.7. The number of hydrogen-bond donors (Lipinski definition) is 0. The fraction of sp³-hybridized carbons (Fsp3) is 0.273. The van der Waals surface area contributed by atoms with Crippen LogP contribution in [0.5, 0.6) is 0 Å². The minimum absolute atomic E-state index is 0.180. The maximum atomic E-state index is 12.7. The molecule has 0 fully saturated rings. The molecule has 0 aliphatic carbocycles. The lowest BCUT2D eigenvalue weighted by molar-refractivity contribution is 0.626. The zero-order chi connectivity index (χ0) is 9.14. The minimum atomic E-state index is -0.180. The van der Waals surface area contributed by atoms with Crippen molar-refractivity contribution in [3.8, 4) is 0 Å². The summed E-state index contributed by atoms with van der Waals surface area (Å²) < 4.78 is 12.7. The molecular weight excluding hydrogens is 151 g/mol. The molecule has 0 nitrogen and oxygen atoms in total. The Morgan fingerprint density at radius 3 is 2.67 bits per heavy atom. The van der Waals surface area contributed by atoms with Gasteiger partial charge in [0.15, 0.2) is 0 Å². The zero-order valence-corrected chi connectivity index (χ0v) is 7.52. The molecule has 0 bridgehead atoms. The Morgan fingerprint density at radius 2 is 2.17 bits per heavy atom. The Kier molecular flexibility index (Phi) is 2.64. The van der Waals surface area contributed by atoms with Crippen molar-refractivity contribution in [1.82, 2.24) is 0 Å². The molecule has 0 amide bonds. The molecule has 0 saturated heterocycles. The van der Waals surface area contributed by atoms with Crippen LogP contribution in [0.15, 0.2) is 24.8 Å². The molecule has 1 heteroatoms. The lowest BCUT2D eigenvalue weighted by atomic mass is 10.0. The van der Waals surface area contributed by atoms with Crippen molar-refractivity contribution in [3.63, 3.8) is 0 Å². The third kappa shape index (κ3) is 1.73. The van der Waals surface area contributed by atoms with E-state index in [9.17, 15) is 4.39 Å². The summed E-state index contributed by atoms with van der Waals surface area (Å²) in [6.45, 7) is 7.86. The Hall–Kier alpha value is -1.11. The van der Waals surface area contributed by atoms with Gasteiger partial charge in [-0.3, -0.25) is 0 Å². The summed E-state index contributed by atoms with van der Waals surface area (Å²) in [4.78, 5) is 0. The second-order valence-corrected chi connectivity index (χ2v) is 2.92. The average molecular weight is 164 g/mol. The molecule has 64 valence electrons. The normalized spacial score (nSPS) is 9.92. The van der Waals surface area contributed by atoms with Crippen LogP contribution in [0, 0.1) is 12.7 Å². The number of benzene rings is 1. The van der Waals surface area contributed by atoms with Gasteiger partial charge in [-0.05, 0) is 42.2 Å². The predicted molar refractivity (Wildman–Crippen MR) is 50.5 cm³/mol. The molecule has 0 aromatic heterocycles. The summed E-state index contributed by atoms with van der Waals surface area (Å²) in [5.74, 6) is -0.180. The Labute approximate surface area is 72.7 Å². The first-order chi connectivity index (χ1) is 5.65. The van der Waals surface area contributed by atoms with Crippen molar-refractivity contribution in [2.24, 2.45) is 0 Å². The molecule has 0 N–H and O–H groups in total. The molecule has 0 heterocycles. The minimum Gasteiger partial charge on any atom is -0.207 e. The quantitative estimate of drug-likeness (QED) is 0.627. The number of halogens is 1. The Balaban J connectivity index is 3.09. The number of hydrogen-bond acceptors (Lipinski definition) is 0. The van der Waals surface area contributed by atoms with Gasteiger partial charge in [0, 0.05) is 0 Å². The van der Waals surface area contributed by atoms with Crippen LogP contribution in [-0.2, 0) is 0 Å². The molecule has 1 rings (SSSR count). The van der Waals surface area contributed by atoms with E-state index in [-0.39, 0.29) is 5.82 Å². The van der Waals surface area contributed by atoms with Crippen molar-refractivity contribution >= 4 is 5.57 Å². The highest BCUT2D eigenvalue weighted by Crippen LogP contribution is 2.20. The fourth-order valence-electron chi connectivity index (χ4n) is 1.21. The summed E-state index contributed by atoms with van der Waals surface area (Å²) in [5, 5.41) is 0. The van der Waals surface area contributed by atoms with Crippen molar-refractivity contribution in [2.75, 3.05) is 0 Å². The van der Waals surface area contributed by atoms with E-state index in [1.54, 1.807) is 6.07 Å². The van der Waals surface area contributed by atoms with Crippen LogP contribution in [-0.4, -0.2) is 0 Å². The highest BCUT2D eigenvalue weighted by Gasteiger charge is 2.01. The van der Waals surface area contributed by atoms with E-state index in [0.29, 0.717) is 0 Å². The standard InChI is InChI=1S/C11H13F/c1-4-8(2)11-6-5-10(12)7-9(11)3/h5-7H,2,4H2,1,3H3. The second-order valence-electron chi connectivity index (χ2n) is 2.92. The molecule has 0 radical (unpaired) electrons. The van der Waals surface area contributed by atoms with Crippen molar-refractivity contribution in [3.05, 3.63) is 41.7 Å². The zero-order valence-electron chi connectivity index (χ0n) is 7.52. The Bertz CT molecular complexity index is 300. The van der Waals surface area contributed by atoms with Gasteiger partial charge in [-0.25, -0.2) is 4.39 Å². The van der Waals surface area contributed by atoms with E-state index in [1.165, 1.54) is 12.1 Å². The van der Waals surface area contributed by atoms with E-state index >= 15 is 0 Å². The van der Waals surface area contributed by atoms with E-state index in [4.69, 9.17) is 0 Å². The third-order valence-corrected chi connectivity index (χ3v) is 2.00. The van der Waals surface area contributed by atoms with Gasteiger partial charge < -0.3 is 0 Å². The van der Waals surface area contributed by atoms with Gasteiger partial charge in [0.25, 0.3) is 0 Å². The van der Waals surface area contributed by atoms with Crippen LogP contribution in [0.25, 0.3) is 5.57 Å². The lowest BCUT2D eigenvalue weighted by Crippen LogP contribution is -1.87. The van der Waals surface area contributed by atoms with E-state index in [2.05, 4.69) is 6.58 Å². The second kappa shape index (κ2) is 3.53.